The molecule has 0 aliphatic carbocycles. The predicted octanol–water partition coefficient (Wildman–Crippen LogP) is 2.55. The minimum atomic E-state index is -3.34. The molecule has 0 unspecified atom stereocenters. The van der Waals surface area contributed by atoms with E-state index in [1.807, 2.05) is 0 Å². The van der Waals surface area contributed by atoms with Gasteiger partial charge in [0, 0.05) is 15.4 Å². The number of nitrogens with one attached hydrogen (secondary N) is 1. The molecule has 1 rings (SSSR count). The molecule has 0 bridgehead atoms. The van der Waals surface area contributed by atoms with E-state index in [1.54, 1.807) is 24.3 Å². The summed E-state index contributed by atoms with van der Waals surface area (Å²) < 4.78 is 27.7. The molecular formula is C9H11BrINO2S. The lowest BCUT2D eigenvalue weighted by Gasteiger charge is -2.05. The number of sulfonamides is 1. The van der Waals surface area contributed by atoms with Crippen molar-refractivity contribution in [2.45, 2.75) is 11.3 Å². The molecule has 1 aromatic rings. The third kappa shape index (κ3) is 4.38. The van der Waals surface area contributed by atoms with Crippen LogP contribution < -0.4 is 4.72 Å². The molecule has 84 valence electrons. The number of hydrogen-bond acceptors (Lipinski definition) is 2. The highest BCUT2D eigenvalue weighted by Crippen LogP contribution is 2.15. The van der Waals surface area contributed by atoms with Crippen LogP contribution in [-0.2, 0) is 10.0 Å². The second-order valence-electron chi connectivity index (χ2n) is 2.90. The molecule has 0 fully saturated rings. The van der Waals surface area contributed by atoms with Crippen LogP contribution in [0.2, 0.25) is 0 Å². The second-order valence-corrected chi connectivity index (χ2v) is 6.66. The van der Waals surface area contributed by atoms with Gasteiger partial charge in [0.2, 0.25) is 10.0 Å². The van der Waals surface area contributed by atoms with Crippen LogP contribution in [0.25, 0.3) is 0 Å². The Balaban J connectivity index is 2.77. The van der Waals surface area contributed by atoms with E-state index in [9.17, 15) is 8.42 Å². The van der Waals surface area contributed by atoms with Crippen molar-refractivity contribution in [1.82, 2.24) is 4.72 Å². The monoisotopic (exact) mass is 403 g/mol. The van der Waals surface area contributed by atoms with Crippen molar-refractivity contribution in [2.75, 3.05) is 11.0 Å². The largest absolute Gasteiger partial charge is 0.240 e. The van der Waals surface area contributed by atoms with Crippen LogP contribution in [0.4, 0.5) is 0 Å². The van der Waals surface area contributed by atoms with E-state index in [4.69, 9.17) is 0 Å². The van der Waals surface area contributed by atoms with E-state index in [2.05, 4.69) is 43.2 Å². The minimum Gasteiger partial charge on any atom is -0.211 e. The Bertz CT molecular complexity index is 422. The molecule has 1 N–H and O–H groups in total. The van der Waals surface area contributed by atoms with Crippen molar-refractivity contribution < 1.29 is 8.42 Å². The Hall–Kier alpha value is 0.340. The third-order valence-corrected chi connectivity index (χ3v) is 4.42. The van der Waals surface area contributed by atoms with Crippen LogP contribution in [0, 0.1) is 0 Å². The third-order valence-electron chi connectivity index (χ3n) is 1.71. The van der Waals surface area contributed by atoms with Gasteiger partial charge in [-0.15, -0.1) is 0 Å². The zero-order chi connectivity index (χ0) is 11.3. The second kappa shape index (κ2) is 6.17. The Morgan fingerprint density at radius 2 is 2.13 bits per heavy atom. The number of benzene rings is 1. The topological polar surface area (TPSA) is 46.2 Å². The maximum absolute atomic E-state index is 11.7. The summed E-state index contributed by atoms with van der Waals surface area (Å²) >= 11 is 5.46. The average molecular weight is 404 g/mol. The zero-order valence-electron chi connectivity index (χ0n) is 7.91. The molecule has 1 aromatic carbocycles. The lowest BCUT2D eigenvalue weighted by Crippen LogP contribution is -2.24. The average Bonchev–Trinajstić information content (AvgIpc) is 2.18. The molecule has 3 nitrogen and oxygen atoms in total. The highest BCUT2D eigenvalue weighted by molar-refractivity contribution is 14.1. The summed E-state index contributed by atoms with van der Waals surface area (Å²) in [5.41, 5.74) is 0. The SMILES string of the molecule is O=S(=O)(NCCCI)c1cccc(Br)c1. The van der Waals surface area contributed by atoms with Crippen LogP contribution in [0.15, 0.2) is 33.6 Å². The van der Waals surface area contributed by atoms with E-state index in [0.717, 1.165) is 15.3 Å². The lowest BCUT2D eigenvalue weighted by atomic mass is 10.4. The van der Waals surface area contributed by atoms with Crippen molar-refractivity contribution in [2.24, 2.45) is 0 Å². The van der Waals surface area contributed by atoms with E-state index >= 15 is 0 Å². The van der Waals surface area contributed by atoms with Gasteiger partial charge in [-0.2, -0.15) is 0 Å². The van der Waals surface area contributed by atoms with Crippen molar-refractivity contribution in [3.63, 3.8) is 0 Å². The van der Waals surface area contributed by atoms with Gasteiger partial charge >= 0.3 is 0 Å². The summed E-state index contributed by atoms with van der Waals surface area (Å²) in [7, 11) is -3.34. The normalized spacial score (nSPS) is 11.6. The van der Waals surface area contributed by atoms with Gasteiger partial charge in [0.1, 0.15) is 0 Å². The maximum atomic E-state index is 11.7. The molecule has 0 aliphatic rings. The summed E-state index contributed by atoms with van der Waals surface area (Å²) in [6.45, 7) is 0.484. The van der Waals surface area contributed by atoms with Gasteiger partial charge in [0.05, 0.1) is 4.90 Å². The van der Waals surface area contributed by atoms with Gasteiger partial charge < -0.3 is 0 Å². The van der Waals surface area contributed by atoms with Crippen LogP contribution in [-0.4, -0.2) is 19.4 Å². The molecule has 6 heteroatoms. The number of halogens is 2. The van der Waals surface area contributed by atoms with Crippen molar-refractivity contribution in [1.29, 1.82) is 0 Å². The quantitative estimate of drug-likeness (QED) is 0.466. The molecule has 15 heavy (non-hydrogen) atoms. The van der Waals surface area contributed by atoms with Gasteiger partial charge in [0.25, 0.3) is 0 Å². The Morgan fingerprint density at radius 3 is 2.73 bits per heavy atom. The summed E-state index contributed by atoms with van der Waals surface area (Å²) in [5, 5.41) is 0. The summed E-state index contributed by atoms with van der Waals surface area (Å²) in [6, 6.07) is 6.67. The molecule has 0 saturated carbocycles. The van der Waals surface area contributed by atoms with Crippen LogP contribution >= 0.6 is 38.5 Å². The fraction of sp³-hybridized carbons (Fsp3) is 0.333. The van der Waals surface area contributed by atoms with Crippen molar-refractivity contribution >= 4 is 48.5 Å². The summed E-state index contributed by atoms with van der Waals surface area (Å²) in [4.78, 5) is 0.297. The molecular weight excluding hydrogens is 393 g/mol. The van der Waals surface area contributed by atoms with Gasteiger partial charge in [-0.1, -0.05) is 44.6 Å². The highest BCUT2D eigenvalue weighted by atomic mass is 127. The number of rotatable bonds is 5. The first-order chi connectivity index (χ1) is 7.06. The predicted molar refractivity (Wildman–Crippen MR) is 72.8 cm³/mol. The molecule has 0 saturated heterocycles. The standard InChI is InChI=1S/C9H11BrINO2S/c10-8-3-1-4-9(7-8)15(13,14)12-6-2-5-11/h1,3-4,7,12H,2,5-6H2. The van der Waals surface area contributed by atoms with Gasteiger partial charge in [-0.25, -0.2) is 13.1 Å². The molecule has 0 aromatic heterocycles. The van der Waals surface area contributed by atoms with Crippen molar-refractivity contribution in [3.8, 4) is 0 Å². The molecule has 0 spiro atoms. The minimum absolute atomic E-state index is 0.297. The van der Waals surface area contributed by atoms with Gasteiger partial charge in [-0.3, -0.25) is 0 Å². The number of alkyl halides is 1. The van der Waals surface area contributed by atoms with Crippen LogP contribution in [0.5, 0.6) is 0 Å². The fourth-order valence-corrected chi connectivity index (χ4v) is 3.04. The first-order valence-corrected chi connectivity index (χ1v) is 8.17. The number of hydrogen-bond donors (Lipinski definition) is 1. The van der Waals surface area contributed by atoms with E-state index in [0.29, 0.717) is 11.4 Å². The van der Waals surface area contributed by atoms with Crippen LogP contribution in [0.1, 0.15) is 6.42 Å². The van der Waals surface area contributed by atoms with Gasteiger partial charge in [-0.05, 0) is 24.6 Å². The van der Waals surface area contributed by atoms with Crippen molar-refractivity contribution in [3.05, 3.63) is 28.7 Å². The maximum Gasteiger partial charge on any atom is 0.240 e. The van der Waals surface area contributed by atoms with Crippen LogP contribution in [0.3, 0.4) is 0 Å². The van der Waals surface area contributed by atoms with E-state index < -0.39 is 10.0 Å². The molecule has 0 amide bonds. The molecule has 0 atom stereocenters. The molecule has 0 aliphatic heterocycles. The molecule has 0 heterocycles. The first-order valence-electron chi connectivity index (χ1n) is 4.37. The summed E-state index contributed by atoms with van der Waals surface area (Å²) in [6.07, 6.45) is 0.841. The smallest absolute Gasteiger partial charge is 0.211 e. The highest BCUT2D eigenvalue weighted by Gasteiger charge is 2.12. The van der Waals surface area contributed by atoms with E-state index in [-0.39, 0.29) is 0 Å². The Labute approximate surface area is 112 Å². The van der Waals surface area contributed by atoms with Gasteiger partial charge in [0.15, 0.2) is 0 Å². The lowest BCUT2D eigenvalue weighted by molar-refractivity contribution is 0.581. The Kier molecular flexibility index (Phi) is 5.51. The molecule has 0 radical (unpaired) electrons. The zero-order valence-corrected chi connectivity index (χ0v) is 12.5. The fourth-order valence-electron chi connectivity index (χ4n) is 0.991. The Morgan fingerprint density at radius 1 is 1.40 bits per heavy atom. The van der Waals surface area contributed by atoms with E-state index in [1.165, 1.54) is 0 Å². The first kappa shape index (κ1) is 13.4. The summed E-state index contributed by atoms with van der Waals surface area (Å²) in [5.74, 6) is 0.